The van der Waals surface area contributed by atoms with Gasteiger partial charge >= 0.3 is 0 Å². The second kappa shape index (κ2) is 7.35. The van der Waals surface area contributed by atoms with E-state index in [1.807, 2.05) is 32.0 Å². The molecule has 22 heavy (non-hydrogen) atoms. The van der Waals surface area contributed by atoms with Gasteiger partial charge in [0.25, 0.3) is 0 Å². The van der Waals surface area contributed by atoms with Gasteiger partial charge in [-0.15, -0.1) is 5.10 Å². The summed E-state index contributed by atoms with van der Waals surface area (Å²) in [7, 11) is 0. The lowest BCUT2D eigenvalue weighted by molar-refractivity contribution is 0.0761. The van der Waals surface area contributed by atoms with Gasteiger partial charge in [0.2, 0.25) is 0 Å². The molecule has 0 spiro atoms. The highest BCUT2D eigenvalue weighted by molar-refractivity contribution is 5.36. The number of nitrogens with zero attached hydrogens (tertiary/aromatic N) is 3. The van der Waals surface area contributed by atoms with Gasteiger partial charge in [0.15, 0.2) is 0 Å². The molecule has 0 aliphatic carbocycles. The fourth-order valence-corrected chi connectivity index (χ4v) is 2.10. The maximum Gasteiger partial charge on any atom is 0.132 e. The highest BCUT2D eigenvalue weighted by Crippen LogP contribution is 2.21. The number of ether oxygens (including phenoxy) is 1. The SMILES string of the molecule is Cc1ccc(C)c(OCc2c(CN)nnn2CC(O)CO)c1. The monoisotopic (exact) mass is 306 g/mol. The first-order chi connectivity index (χ1) is 10.5. The maximum atomic E-state index is 9.57. The lowest BCUT2D eigenvalue weighted by Crippen LogP contribution is -2.23. The second-order valence-electron chi connectivity index (χ2n) is 5.26. The van der Waals surface area contributed by atoms with Crippen LogP contribution >= 0.6 is 0 Å². The highest BCUT2D eigenvalue weighted by Gasteiger charge is 2.15. The number of aliphatic hydroxyl groups is 2. The number of benzene rings is 1. The van der Waals surface area contributed by atoms with Gasteiger partial charge in [-0.3, -0.25) is 0 Å². The summed E-state index contributed by atoms with van der Waals surface area (Å²) < 4.78 is 7.38. The van der Waals surface area contributed by atoms with Crippen LogP contribution in [0.4, 0.5) is 0 Å². The molecule has 1 heterocycles. The Morgan fingerprint density at radius 2 is 2.14 bits per heavy atom. The summed E-state index contributed by atoms with van der Waals surface area (Å²) in [6.07, 6.45) is -0.896. The molecule has 7 heteroatoms. The smallest absolute Gasteiger partial charge is 0.132 e. The first kappa shape index (κ1) is 16.4. The minimum Gasteiger partial charge on any atom is -0.487 e. The summed E-state index contributed by atoms with van der Waals surface area (Å²) in [4.78, 5) is 0. The van der Waals surface area contributed by atoms with Crippen LogP contribution in [0.2, 0.25) is 0 Å². The maximum absolute atomic E-state index is 9.57. The molecule has 2 rings (SSSR count). The molecule has 2 aromatic rings. The van der Waals surface area contributed by atoms with Crippen LogP contribution in [0.5, 0.6) is 5.75 Å². The van der Waals surface area contributed by atoms with Crippen molar-refractivity contribution in [2.45, 2.75) is 39.6 Å². The van der Waals surface area contributed by atoms with Crippen LogP contribution in [0.1, 0.15) is 22.5 Å². The summed E-state index contributed by atoms with van der Waals surface area (Å²) in [6, 6.07) is 5.99. The molecule has 0 bridgehead atoms. The minimum atomic E-state index is -0.896. The number of aromatic nitrogens is 3. The number of aryl methyl sites for hydroxylation is 2. The Bertz CT molecular complexity index is 627. The number of hydrogen-bond acceptors (Lipinski definition) is 6. The third-order valence-electron chi connectivity index (χ3n) is 3.41. The third-order valence-corrected chi connectivity index (χ3v) is 3.41. The van der Waals surface area contributed by atoms with Crippen molar-refractivity contribution in [1.82, 2.24) is 15.0 Å². The molecule has 0 saturated carbocycles. The van der Waals surface area contributed by atoms with Crippen LogP contribution in [0, 0.1) is 13.8 Å². The standard InChI is InChI=1S/C15H22N4O3/c1-10-3-4-11(2)15(5-10)22-9-14-13(6-16)17-18-19(14)7-12(21)8-20/h3-5,12,20-21H,6-9,16H2,1-2H3. The Kier molecular flexibility index (Phi) is 5.48. The molecule has 0 amide bonds. The van der Waals surface area contributed by atoms with Gasteiger partial charge in [-0.2, -0.15) is 0 Å². The van der Waals surface area contributed by atoms with Crippen LogP contribution in [0.25, 0.3) is 0 Å². The Balaban J connectivity index is 2.17. The zero-order chi connectivity index (χ0) is 16.1. The molecule has 1 atom stereocenters. The average Bonchev–Trinajstić information content (AvgIpc) is 2.89. The Morgan fingerprint density at radius 1 is 1.36 bits per heavy atom. The van der Waals surface area contributed by atoms with Crippen molar-refractivity contribution in [2.24, 2.45) is 5.73 Å². The van der Waals surface area contributed by atoms with Crippen molar-refractivity contribution in [3.8, 4) is 5.75 Å². The Morgan fingerprint density at radius 3 is 2.82 bits per heavy atom. The molecular weight excluding hydrogens is 284 g/mol. The van der Waals surface area contributed by atoms with E-state index >= 15 is 0 Å². The summed E-state index contributed by atoms with van der Waals surface area (Å²) in [6.45, 7) is 4.28. The summed E-state index contributed by atoms with van der Waals surface area (Å²) in [5.41, 5.74) is 9.14. The molecule has 1 aromatic heterocycles. The topological polar surface area (TPSA) is 106 Å². The molecule has 0 radical (unpaired) electrons. The largest absolute Gasteiger partial charge is 0.487 e. The van der Waals surface area contributed by atoms with Gasteiger partial charge in [0.05, 0.1) is 19.3 Å². The fourth-order valence-electron chi connectivity index (χ4n) is 2.10. The fraction of sp³-hybridized carbons (Fsp3) is 0.467. The van der Waals surface area contributed by atoms with Crippen molar-refractivity contribution < 1.29 is 14.9 Å². The first-order valence-corrected chi connectivity index (χ1v) is 7.15. The number of aliphatic hydroxyl groups excluding tert-OH is 2. The van der Waals surface area contributed by atoms with Gasteiger partial charge in [0.1, 0.15) is 23.7 Å². The number of rotatable bonds is 7. The molecule has 0 aliphatic rings. The minimum absolute atomic E-state index is 0.148. The Hall–Kier alpha value is -1.96. The molecule has 4 N–H and O–H groups in total. The van der Waals surface area contributed by atoms with Crippen LogP contribution in [-0.2, 0) is 19.7 Å². The van der Waals surface area contributed by atoms with Crippen LogP contribution in [-0.4, -0.2) is 37.9 Å². The van der Waals surface area contributed by atoms with Crippen molar-refractivity contribution in [1.29, 1.82) is 0 Å². The molecule has 1 aromatic carbocycles. The molecule has 0 saturated heterocycles. The number of hydrogen-bond donors (Lipinski definition) is 3. The van der Waals surface area contributed by atoms with Crippen molar-refractivity contribution in [2.75, 3.05) is 6.61 Å². The summed E-state index contributed by atoms with van der Waals surface area (Å²) in [5, 5.41) is 26.5. The van der Waals surface area contributed by atoms with E-state index in [9.17, 15) is 5.11 Å². The van der Waals surface area contributed by atoms with Gasteiger partial charge in [0, 0.05) is 6.54 Å². The lowest BCUT2D eigenvalue weighted by Gasteiger charge is -2.13. The lowest BCUT2D eigenvalue weighted by atomic mass is 10.1. The summed E-state index contributed by atoms with van der Waals surface area (Å²) in [5.74, 6) is 0.790. The van der Waals surface area contributed by atoms with Gasteiger partial charge < -0.3 is 20.7 Å². The van der Waals surface area contributed by atoms with Crippen molar-refractivity contribution in [3.63, 3.8) is 0 Å². The van der Waals surface area contributed by atoms with E-state index in [1.54, 1.807) is 0 Å². The number of nitrogens with two attached hydrogens (primary N) is 1. The van der Waals surface area contributed by atoms with E-state index < -0.39 is 6.10 Å². The third kappa shape index (κ3) is 3.82. The zero-order valence-electron chi connectivity index (χ0n) is 12.9. The van der Waals surface area contributed by atoms with E-state index in [4.69, 9.17) is 15.6 Å². The molecule has 7 nitrogen and oxygen atoms in total. The normalized spacial score (nSPS) is 12.4. The van der Waals surface area contributed by atoms with Gasteiger partial charge in [-0.25, -0.2) is 4.68 Å². The highest BCUT2D eigenvalue weighted by atomic mass is 16.5. The second-order valence-corrected chi connectivity index (χ2v) is 5.26. The molecule has 1 unspecified atom stereocenters. The van der Waals surface area contributed by atoms with Crippen molar-refractivity contribution >= 4 is 0 Å². The summed E-state index contributed by atoms with van der Waals surface area (Å²) >= 11 is 0. The molecule has 120 valence electrons. The molecular formula is C15H22N4O3. The quantitative estimate of drug-likeness (QED) is 0.678. The van der Waals surface area contributed by atoms with E-state index in [0.29, 0.717) is 11.4 Å². The van der Waals surface area contributed by atoms with Crippen LogP contribution in [0.3, 0.4) is 0 Å². The van der Waals surface area contributed by atoms with Gasteiger partial charge in [-0.1, -0.05) is 17.3 Å². The van der Waals surface area contributed by atoms with Crippen LogP contribution in [0.15, 0.2) is 18.2 Å². The predicted molar refractivity (Wildman–Crippen MR) is 81.3 cm³/mol. The molecule has 0 fully saturated rings. The zero-order valence-corrected chi connectivity index (χ0v) is 12.9. The molecule has 0 aliphatic heterocycles. The first-order valence-electron chi connectivity index (χ1n) is 7.15. The average molecular weight is 306 g/mol. The van der Waals surface area contributed by atoms with Gasteiger partial charge in [-0.05, 0) is 31.0 Å². The van der Waals surface area contributed by atoms with E-state index in [2.05, 4.69) is 10.3 Å². The van der Waals surface area contributed by atoms with Crippen LogP contribution < -0.4 is 10.5 Å². The van der Waals surface area contributed by atoms with Crippen molar-refractivity contribution in [3.05, 3.63) is 40.7 Å². The Labute approximate surface area is 129 Å². The van der Waals surface area contributed by atoms with E-state index in [-0.39, 0.29) is 26.3 Å². The van der Waals surface area contributed by atoms with E-state index in [1.165, 1.54) is 4.68 Å². The predicted octanol–water partition coefficient (Wildman–Crippen LogP) is 0.286. The van der Waals surface area contributed by atoms with E-state index in [0.717, 1.165) is 16.9 Å².